The van der Waals surface area contributed by atoms with Crippen LogP contribution in [0.2, 0.25) is 0 Å². The van der Waals surface area contributed by atoms with Crippen LogP contribution in [0.5, 0.6) is 5.75 Å². The van der Waals surface area contributed by atoms with E-state index in [2.05, 4.69) is 39.8 Å². The van der Waals surface area contributed by atoms with Gasteiger partial charge in [-0.1, -0.05) is 52.0 Å². The lowest BCUT2D eigenvalue weighted by Gasteiger charge is -2.21. The lowest BCUT2D eigenvalue weighted by molar-refractivity contribution is 0.407. The maximum absolute atomic E-state index is 5.73. The molecule has 0 spiro atoms. The highest BCUT2D eigenvalue weighted by Crippen LogP contribution is 2.32. The quantitative estimate of drug-likeness (QED) is 0.821. The number of ether oxygens (including phenoxy) is 1. The van der Waals surface area contributed by atoms with E-state index in [4.69, 9.17) is 22.7 Å². The van der Waals surface area contributed by atoms with E-state index in [1.165, 1.54) is 11.1 Å². The molecule has 0 radical (unpaired) electrons. The molecule has 0 aromatic heterocycles. The number of methoxy groups -OCH3 is 1. The third-order valence-electron chi connectivity index (χ3n) is 3.60. The van der Waals surface area contributed by atoms with Crippen molar-refractivity contribution in [2.24, 2.45) is 11.7 Å². The minimum atomic E-state index is 0.202. The van der Waals surface area contributed by atoms with E-state index in [-0.39, 0.29) is 5.92 Å². The van der Waals surface area contributed by atoms with Gasteiger partial charge in [-0.25, -0.2) is 0 Å². The summed E-state index contributed by atoms with van der Waals surface area (Å²) in [7, 11) is 1.71. The maximum atomic E-state index is 5.73. The Morgan fingerprint density at radius 2 is 1.83 bits per heavy atom. The SMILES string of the molecule is COc1ccc(C(C)C(C)C(N)=S)cc1C(C)C. The minimum absolute atomic E-state index is 0.202. The van der Waals surface area contributed by atoms with Crippen molar-refractivity contribution in [3.8, 4) is 5.75 Å². The molecule has 100 valence electrons. The molecule has 2 atom stereocenters. The largest absolute Gasteiger partial charge is 0.496 e. The summed E-state index contributed by atoms with van der Waals surface area (Å²) >= 11 is 5.08. The molecule has 0 aliphatic heterocycles. The number of thiocarbonyl (C=S) groups is 1. The molecule has 0 saturated carbocycles. The molecule has 0 amide bonds. The molecule has 0 fully saturated rings. The van der Waals surface area contributed by atoms with Crippen molar-refractivity contribution in [2.75, 3.05) is 7.11 Å². The molecule has 0 aliphatic carbocycles. The first kappa shape index (κ1) is 15.0. The van der Waals surface area contributed by atoms with Crippen LogP contribution in [0, 0.1) is 5.92 Å². The smallest absolute Gasteiger partial charge is 0.122 e. The first-order chi connectivity index (χ1) is 8.38. The molecule has 2 N–H and O–H groups in total. The first-order valence-electron chi connectivity index (χ1n) is 6.35. The van der Waals surface area contributed by atoms with E-state index in [0.717, 1.165) is 5.75 Å². The zero-order valence-corrected chi connectivity index (χ0v) is 12.7. The molecule has 1 rings (SSSR count). The summed E-state index contributed by atoms with van der Waals surface area (Å²) in [5, 5.41) is 0. The third-order valence-corrected chi connectivity index (χ3v) is 3.97. The van der Waals surface area contributed by atoms with Gasteiger partial charge in [0, 0.05) is 5.92 Å². The van der Waals surface area contributed by atoms with Gasteiger partial charge >= 0.3 is 0 Å². The Balaban J connectivity index is 3.11. The highest BCUT2D eigenvalue weighted by Gasteiger charge is 2.18. The Morgan fingerprint density at radius 1 is 1.22 bits per heavy atom. The summed E-state index contributed by atoms with van der Waals surface area (Å²) in [6.07, 6.45) is 0. The molecule has 1 aromatic carbocycles. The fourth-order valence-electron chi connectivity index (χ4n) is 2.02. The third kappa shape index (κ3) is 3.22. The maximum Gasteiger partial charge on any atom is 0.122 e. The van der Waals surface area contributed by atoms with Crippen LogP contribution < -0.4 is 10.5 Å². The lowest BCUT2D eigenvalue weighted by Crippen LogP contribution is -2.23. The lowest BCUT2D eigenvalue weighted by atomic mass is 9.86. The van der Waals surface area contributed by atoms with Crippen molar-refractivity contribution >= 4 is 17.2 Å². The van der Waals surface area contributed by atoms with E-state index < -0.39 is 0 Å². The Kier molecular flexibility index (Phi) is 5.15. The Morgan fingerprint density at radius 3 is 2.28 bits per heavy atom. The summed E-state index contributed by atoms with van der Waals surface area (Å²) in [6, 6.07) is 6.35. The fourth-order valence-corrected chi connectivity index (χ4v) is 2.23. The van der Waals surface area contributed by atoms with E-state index in [1.807, 2.05) is 6.07 Å². The van der Waals surface area contributed by atoms with Crippen molar-refractivity contribution < 1.29 is 4.74 Å². The topological polar surface area (TPSA) is 35.2 Å². The number of benzene rings is 1. The molecule has 2 nitrogen and oxygen atoms in total. The van der Waals surface area contributed by atoms with Gasteiger partial charge in [-0.3, -0.25) is 0 Å². The molecular weight excluding hydrogens is 242 g/mol. The second kappa shape index (κ2) is 6.19. The summed E-state index contributed by atoms with van der Waals surface area (Å²) in [4.78, 5) is 0.574. The van der Waals surface area contributed by atoms with Crippen LogP contribution in [0.25, 0.3) is 0 Å². The molecule has 18 heavy (non-hydrogen) atoms. The van der Waals surface area contributed by atoms with Crippen molar-refractivity contribution in [3.05, 3.63) is 29.3 Å². The van der Waals surface area contributed by atoms with Gasteiger partial charge in [0.1, 0.15) is 5.75 Å². The summed E-state index contributed by atoms with van der Waals surface area (Å²) in [5.74, 6) is 1.91. The van der Waals surface area contributed by atoms with Gasteiger partial charge in [0.2, 0.25) is 0 Å². The summed E-state index contributed by atoms with van der Waals surface area (Å²) in [5.41, 5.74) is 8.23. The second-order valence-electron chi connectivity index (χ2n) is 5.14. The van der Waals surface area contributed by atoms with Gasteiger partial charge in [-0.2, -0.15) is 0 Å². The second-order valence-corrected chi connectivity index (χ2v) is 5.61. The van der Waals surface area contributed by atoms with E-state index in [1.54, 1.807) is 7.11 Å². The number of hydrogen-bond acceptors (Lipinski definition) is 2. The van der Waals surface area contributed by atoms with Gasteiger partial charge < -0.3 is 10.5 Å². The summed E-state index contributed by atoms with van der Waals surface area (Å²) in [6.45, 7) is 8.58. The van der Waals surface area contributed by atoms with Crippen LogP contribution >= 0.6 is 12.2 Å². The van der Waals surface area contributed by atoms with Crippen molar-refractivity contribution in [2.45, 2.75) is 39.5 Å². The van der Waals surface area contributed by atoms with Crippen LogP contribution in [0.3, 0.4) is 0 Å². The zero-order valence-electron chi connectivity index (χ0n) is 11.9. The van der Waals surface area contributed by atoms with Gasteiger partial charge in [-0.05, 0) is 29.0 Å². The number of hydrogen-bond donors (Lipinski definition) is 1. The predicted octanol–water partition coefficient (Wildman–Crippen LogP) is 3.84. The van der Waals surface area contributed by atoms with Gasteiger partial charge in [0.25, 0.3) is 0 Å². The monoisotopic (exact) mass is 265 g/mol. The van der Waals surface area contributed by atoms with Gasteiger partial charge in [0.05, 0.1) is 12.1 Å². The Bertz CT molecular complexity index is 429. The van der Waals surface area contributed by atoms with Gasteiger partial charge in [0.15, 0.2) is 0 Å². The van der Waals surface area contributed by atoms with Crippen LogP contribution in [-0.2, 0) is 0 Å². The van der Waals surface area contributed by atoms with Crippen molar-refractivity contribution in [1.82, 2.24) is 0 Å². The molecule has 1 aromatic rings. The molecule has 3 heteroatoms. The van der Waals surface area contributed by atoms with Crippen LogP contribution in [-0.4, -0.2) is 12.1 Å². The molecule has 2 unspecified atom stereocenters. The molecular formula is C15H23NOS. The fraction of sp³-hybridized carbons (Fsp3) is 0.533. The standard InChI is InChI=1S/C15H23NOS/c1-9(2)13-8-12(6-7-14(13)17-5)10(3)11(4)15(16)18/h6-11H,1-5H3,(H2,16,18). The number of nitrogens with two attached hydrogens (primary N) is 1. The predicted molar refractivity (Wildman–Crippen MR) is 81.4 cm³/mol. The van der Waals surface area contributed by atoms with E-state index in [0.29, 0.717) is 16.8 Å². The Labute approximate surface area is 116 Å². The first-order valence-corrected chi connectivity index (χ1v) is 6.76. The van der Waals surface area contributed by atoms with E-state index >= 15 is 0 Å². The molecule has 0 bridgehead atoms. The average Bonchev–Trinajstić information content (AvgIpc) is 2.35. The van der Waals surface area contributed by atoms with E-state index in [9.17, 15) is 0 Å². The molecule has 0 aliphatic rings. The minimum Gasteiger partial charge on any atom is -0.496 e. The normalized spacial score (nSPS) is 14.3. The van der Waals surface area contributed by atoms with Gasteiger partial charge in [-0.15, -0.1) is 0 Å². The van der Waals surface area contributed by atoms with Crippen molar-refractivity contribution in [1.29, 1.82) is 0 Å². The summed E-state index contributed by atoms with van der Waals surface area (Å²) < 4.78 is 5.40. The van der Waals surface area contributed by atoms with Crippen LogP contribution in [0.4, 0.5) is 0 Å². The molecule has 0 heterocycles. The van der Waals surface area contributed by atoms with Crippen LogP contribution in [0.15, 0.2) is 18.2 Å². The molecule has 0 saturated heterocycles. The van der Waals surface area contributed by atoms with Crippen molar-refractivity contribution in [3.63, 3.8) is 0 Å². The van der Waals surface area contributed by atoms with Crippen LogP contribution in [0.1, 0.15) is 50.7 Å². The highest BCUT2D eigenvalue weighted by atomic mass is 32.1. The average molecular weight is 265 g/mol. The number of rotatable bonds is 5. The highest BCUT2D eigenvalue weighted by molar-refractivity contribution is 7.80. The zero-order chi connectivity index (χ0) is 13.9. The Hall–Kier alpha value is -1.09.